The molecule has 1 amide bonds. The Balaban J connectivity index is 1.51. The molecule has 1 fully saturated rings. The van der Waals surface area contributed by atoms with Gasteiger partial charge in [-0.25, -0.2) is 0 Å². The summed E-state index contributed by atoms with van der Waals surface area (Å²) in [6.07, 6.45) is -0.516. The maximum absolute atomic E-state index is 12.7. The summed E-state index contributed by atoms with van der Waals surface area (Å²) in [4.78, 5) is 18.2. The molecule has 1 unspecified atom stereocenters. The summed E-state index contributed by atoms with van der Waals surface area (Å²) < 4.78 is 38.0. The lowest BCUT2D eigenvalue weighted by molar-refractivity contribution is -0.137. The maximum atomic E-state index is 12.7. The van der Waals surface area contributed by atoms with Crippen LogP contribution < -0.4 is 5.32 Å². The fourth-order valence-electron chi connectivity index (χ4n) is 3.29. The van der Waals surface area contributed by atoms with Gasteiger partial charge >= 0.3 is 6.18 Å². The third kappa shape index (κ3) is 5.29. The Morgan fingerprint density at radius 2 is 1.93 bits per heavy atom. The van der Waals surface area contributed by atoms with Crippen molar-refractivity contribution in [2.24, 2.45) is 0 Å². The molecule has 7 heteroatoms. The lowest BCUT2D eigenvalue weighted by atomic mass is 10.1. The van der Waals surface area contributed by atoms with E-state index < -0.39 is 11.7 Å². The highest BCUT2D eigenvalue weighted by molar-refractivity contribution is 5.78. The number of rotatable bonds is 7. The maximum Gasteiger partial charge on any atom is 0.416 e. The molecule has 27 heavy (non-hydrogen) atoms. The van der Waals surface area contributed by atoms with Crippen molar-refractivity contribution in [2.45, 2.75) is 44.6 Å². The van der Waals surface area contributed by atoms with Crippen LogP contribution in [0.3, 0.4) is 0 Å². The zero-order valence-electron chi connectivity index (χ0n) is 14.9. The molecule has 1 aromatic heterocycles. The van der Waals surface area contributed by atoms with E-state index in [4.69, 9.17) is 0 Å². The lowest BCUT2D eigenvalue weighted by Gasteiger charge is -2.25. The standard InChI is InChI=1S/C20H22F3N3O/c21-20(22,23)16-6-4-15(5-7-16)14-26-18(8-9-19(26)27)10-12-24-13-17-3-1-2-11-25-17/h1-7,11,18,24H,8-10,12-14H2. The van der Waals surface area contributed by atoms with Crippen LogP contribution in [0.25, 0.3) is 0 Å². The van der Waals surface area contributed by atoms with Crippen molar-refractivity contribution in [3.8, 4) is 0 Å². The van der Waals surface area contributed by atoms with Crippen LogP contribution in [-0.4, -0.2) is 28.4 Å². The highest BCUT2D eigenvalue weighted by Crippen LogP contribution is 2.30. The minimum Gasteiger partial charge on any atom is -0.335 e. The lowest BCUT2D eigenvalue weighted by Crippen LogP contribution is -2.34. The van der Waals surface area contributed by atoms with E-state index in [1.807, 2.05) is 18.2 Å². The fourth-order valence-corrected chi connectivity index (χ4v) is 3.29. The zero-order valence-corrected chi connectivity index (χ0v) is 14.9. The summed E-state index contributed by atoms with van der Waals surface area (Å²) in [5.41, 5.74) is 1.00. The number of benzene rings is 1. The summed E-state index contributed by atoms with van der Waals surface area (Å²) in [5, 5.41) is 3.33. The van der Waals surface area contributed by atoms with Gasteiger partial charge in [-0.2, -0.15) is 13.2 Å². The van der Waals surface area contributed by atoms with Gasteiger partial charge in [0.2, 0.25) is 5.91 Å². The van der Waals surface area contributed by atoms with Gasteiger partial charge in [-0.3, -0.25) is 9.78 Å². The minimum absolute atomic E-state index is 0.0598. The molecule has 1 atom stereocenters. The average Bonchev–Trinajstić information content (AvgIpc) is 2.99. The summed E-state index contributed by atoms with van der Waals surface area (Å²) in [6.45, 7) is 1.76. The van der Waals surface area contributed by atoms with E-state index in [2.05, 4.69) is 10.3 Å². The molecule has 0 saturated carbocycles. The Morgan fingerprint density at radius 3 is 2.59 bits per heavy atom. The number of aromatic nitrogens is 1. The Bertz CT molecular complexity index is 747. The molecule has 1 aliphatic heterocycles. The average molecular weight is 377 g/mol. The topological polar surface area (TPSA) is 45.2 Å². The van der Waals surface area contributed by atoms with Gasteiger partial charge in [0.15, 0.2) is 0 Å². The van der Waals surface area contributed by atoms with Crippen LogP contribution >= 0.6 is 0 Å². The third-order valence-electron chi connectivity index (χ3n) is 4.77. The van der Waals surface area contributed by atoms with Crippen molar-refractivity contribution in [3.05, 3.63) is 65.5 Å². The largest absolute Gasteiger partial charge is 0.416 e. The highest BCUT2D eigenvalue weighted by atomic mass is 19.4. The van der Waals surface area contributed by atoms with Gasteiger partial charge < -0.3 is 10.2 Å². The van der Waals surface area contributed by atoms with Crippen molar-refractivity contribution in [3.63, 3.8) is 0 Å². The van der Waals surface area contributed by atoms with Gasteiger partial charge in [0.1, 0.15) is 0 Å². The van der Waals surface area contributed by atoms with Crippen LogP contribution in [-0.2, 0) is 24.1 Å². The van der Waals surface area contributed by atoms with Crippen molar-refractivity contribution >= 4 is 5.91 Å². The summed E-state index contributed by atoms with van der Waals surface area (Å²) in [5.74, 6) is 0.0598. The number of nitrogens with one attached hydrogen (secondary N) is 1. The van der Waals surface area contributed by atoms with E-state index in [1.54, 1.807) is 11.1 Å². The SMILES string of the molecule is O=C1CCC(CCNCc2ccccn2)N1Cc1ccc(C(F)(F)F)cc1. The molecule has 2 aromatic rings. The molecule has 0 bridgehead atoms. The Labute approximate surface area is 156 Å². The number of halogens is 3. The number of alkyl halides is 3. The number of carbonyl (C=O) groups is 1. The summed E-state index contributed by atoms with van der Waals surface area (Å²) in [7, 11) is 0. The third-order valence-corrected chi connectivity index (χ3v) is 4.77. The first kappa shape index (κ1) is 19.4. The number of pyridine rings is 1. The van der Waals surface area contributed by atoms with Crippen LogP contribution in [0.15, 0.2) is 48.7 Å². The Kier molecular flexibility index (Phi) is 6.11. The predicted octanol–water partition coefficient (Wildman–Crippen LogP) is 3.77. The number of likely N-dealkylation sites (tertiary alicyclic amines) is 1. The minimum atomic E-state index is -4.34. The molecule has 4 nitrogen and oxygen atoms in total. The molecule has 0 radical (unpaired) electrons. The van der Waals surface area contributed by atoms with Crippen molar-refractivity contribution in [2.75, 3.05) is 6.54 Å². The summed E-state index contributed by atoms with van der Waals surface area (Å²) >= 11 is 0. The molecule has 144 valence electrons. The van der Waals surface area contributed by atoms with Crippen LogP contribution in [0.1, 0.15) is 36.1 Å². The normalized spacial score (nSPS) is 17.5. The Hall–Kier alpha value is -2.41. The van der Waals surface area contributed by atoms with E-state index in [1.165, 1.54) is 12.1 Å². The number of hydrogen-bond acceptors (Lipinski definition) is 3. The molecule has 1 saturated heterocycles. The van der Waals surface area contributed by atoms with Crippen LogP contribution in [0.5, 0.6) is 0 Å². The van der Waals surface area contributed by atoms with Crippen molar-refractivity contribution in [1.29, 1.82) is 0 Å². The van der Waals surface area contributed by atoms with E-state index in [9.17, 15) is 18.0 Å². The molecular weight excluding hydrogens is 355 g/mol. The Morgan fingerprint density at radius 1 is 1.15 bits per heavy atom. The van der Waals surface area contributed by atoms with E-state index in [-0.39, 0.29) is 11.9 Å². The van der Waals surface area contributed by atoms with E-state index in [0.717, 1.165) is 37.2 Å². The quantitative estimate of drug-likeness (QED) is 0.747. The van der Waals surface area contributed by atoms with E-state index >= 15 is 0 Å². The number of hydrogen-bond donors (Lipinski definition) is 1. The van der Waals surface area contributed by atoms with Crippen LogP contribution in [0.4, 0.5) is 13.2 Å². The second-order valence-electron chi connectivity index (χ2n) is 6.70. The predicted molar refractivity (Wildman–Crippen MR) is 95.6 cm³/mol. The zero-order chi connectivity index (χ0) is 19.3. The first-order chi connectivity index (χ1) is 12.9. The smallest absolute Gasteiger partial charge is 0.335 e. The molecule has 2 heterocycles. The van der Waals surface area contributed by atoms with Crippen LogP contribution in [0.2, 0.25) is 0 Å². The molecule has 1 aromatic carbocycles. The molecule has 1 N–H and O–H groups in total. The van der Waals surface area contributed by atoms with Gasteiger partial charge in [0.25, 0.3) is 0 Å². The van der Waals surface area contributed by atoms with E-state index in [0.29, 0.717) is 25.1 Å². The monoisotopic (exact) mass is 377 g/mol. The van der Waals surface area contributed by atoms with Crippen LogP contribution in [0, 0.1) is 0 Å². The van der Waals surface area contributed by atoms with Gasteiger partial charge in [-0.1, -0.05) is 18.2 Å². The van der Waals surface area contributed by atoms with Gasteiger partial charge in [0.05, 0.1) is 11.3 Å². The second kappa shape index (κ2) is 8.52. The summed E-state index contributed by atoms with van der Waals surface area (Å²) in [6, 6.07) is 10.9. The highest BCUT2D eigenvalue weighted by Gasteiger charge is 2.32. The first-order valence-electron chi connectivity index (χ1n) is 9.00. The number of nitrogens with zero attached hydrogens (tertiary/aromatic N) is 2. The molecule has 0 spiro atoms. The van der Waals surface area contributed by atoms with Gasteiger partial charge in [0, 0.05) is 31.7 Å². The van der Waals surface area contributed by atoms with Gasteiger partial charge in [-0.15, -0.1) is 0 Å². The van der Waals surface area contributed by atoms with Crippen molar-refractivity contribution in [1.82, 2.24) is 15.2 Å². The second-order valence-corrected chi connectivity index (χ2v) is 6.70. The molecule has 0 aliphatic carbocycles. The van der Waals surface area contributed by atoms with Gasteiger partial charge in [-0.05, 0) is 49.2 Å². The molecular formula is C20H22F3N3O. The number of carbonyl (C=O) groups excluding carboxylic acids is 1. The van der Waals surface area contributed by atoms with Crippen molar-refractivity contribution < 1.29 is 18.0 Å². The molecule has 1 aliphatic rings. The first-order valence-corrected chi connectivity index (χ1v) is 9.00. The number of amides is 1. The fraction of sp³-hybridized carbons (Fsp3) is 0.400. The molecule has 3 rings (SSSR count).